The minimum Gasteiger partial charge on any atom is -0.382 e. The lowest BCUT2D eigenvalue weighted by molar-refractivity contribution is 0.574. The molecule has 1 aromatic heterocycles. The molecule has 0 radical (unpaired) electrons. The van der Waals surface area contributed by atoms with Crippen LogP contribution in [-0.4, -0.2) is 17.0 Å². The van der Waals surface area contributed by atoms with Crippen LogP contribution >= 0.6 is 11.5 Å². The largest absolute Gasteiger partial charge is 0.382 e. The van der Waals surface area contributed by atoms with Crippen LogP contribution in [0.25, 0.3) is 11.1 Å². The molecule has 1 heterocycles. The lowest BCUT2D eigenvalue weighted by Crippen LogP contribution is -2.33. The minimum atomic E-state index is 0.430. The molecule has 3 nitrogen and oxygen atoms in total. The highest BCUT2D eigenvalue weighted by atomic mass is 32.1. The smallest absolute Gasteiger partial charge is 0.147 e. The molecule has 2 N–H and O–H groups in total. The summed E-state index contributed by atoms with van der Waals surface area (Å²) in [4.78, 5) is 2.40. The van der Waals surface area contributed by atoms with Crippen molar-refractivity contribution in [2.45, 2.75) is 33.7 Å². The molecule has 0 saturated carbocycles. The highest BCUT2D eigenvalue weighted by Crippen LogP contribution is 2.40. The van der Waals surface area contributed by atoms with Crippen LogP contribution in [0.5, 0.6) is 0 Å². The fourth-order valence-electron chi connectivity index (χ4n) is 2.29. The van der Waals surface area contributed by atoms with Crippen LogP contribution < -0.4 is 10.6 Å². The Morgan fingerprint density at radius 2 is 1.80 bits per heavy atom. The number of benzene rings is 1. The summed E-state index contributed by atoms with van der Waals surface area (Å²) in [5.74, 6) is 1.23. The molecule has 0 saturated heterocycles. The molecular weight excluding hydrogens is 266 g/mol. The molecule has 0 aliphatic heterocycles. The number of nitrogens with two attached hydrogens (primary N) is 1. The second-order valence-electron chi connectivity index (χ2n) is 5.75. The number of hydrogen-bond acceptors (Lipinski definition) is 4. The molecule has 0 aliphatic rings. The fraction of sp³-hybridized carbons (Fsp3) is 0.438. The van der Waals surface area contributed by atoms with Gasteiger partial charge in [0.15, 0.2) is 0 Å². The topological polar surface area (TPSA) is 42.2 Å². The maximum Gasteiger partial charge on any atom is 0.147 e. The first-order valence-corrected chi connectivity index (χ1v) is 7.85. The van der Waals surface area contributed by atoms with Gasteiger partial charge in [0.05, 0.1) is 5.56 Å². The van der Waals surface area contributed by atoms with E-state index in [2.05, 4.69) is 49.1 Å². The summed E-state index contributed by atoms with van der Waals surface area (Å²) in [6.07, 6.45) is 0. The highest BCUT2D eigenvalue weighted by molar-refractivity contribution is 7.11. The van der Waals surface area contributed by atoms with Gasteiger partial charge in [0.2, 0.25) is 0 Å². The first-order chi connectivity index (χ1) is 9.50. The molecule has 0 atom stereocenters. The van der Waals surface area contributed by atoms with Gasteiger partial charge in [0, 0.05) is 12.6 Å². The standard InChI is InChI=1S/C16H23N3S/c1-11(2)10-19(12(3)4)16-14(15(17)18-20-16)13-8-6-5-7-9-13/h5-9,11-12H,10H2,1-4H3,(H2,17,18). The first kappa shape index (κ1) is 14.9. The molecule has 4 heteroatoms. The van der Waals surface area contributed by atoms with Crippen molar-refractivity contribution in [2.24, 2.45) is 5.92 Å². The summed E-state index contributed by atoms with van der Waals surface area (Å²) >= 11 is 1.50. The number of anilines is 2. The Morgan fingerprint density at radius 3 is 2.35 bits per heavy atom. The van der Waals surface area contributed by atoms with E-state index < -0.39 is 0 Å². The Kier molecular flexibility index (Phi) is 4.65. The van der Waals surface area contributed by atoms with Gasteiger partial charge in [0.25, 0.3) is 0 Å². The van der Waals surface area contributed by atoms with Gasteiger partial charge in [-0.15, -0.1) is 0 Å². The molecule has 0 aliphatic carbocycles. The molecule has 108 valence electrons. The molecule has 2 rings (SSSR count). The average molecular weight is 289 g/mol. The fourth-order valence-corrected chi connectivity index (χ4v) is 3.27. The summed E-state index contributed by atoms with van der Waals surface area (Å²) in [6.45, 7) is 9.92. The van der Waals surface area contributed by atoms with E-state index in [1.165, 1.54) is 16.5 Å². The predicted molar refractivity (Wildman–Crippen MR) is 89.3 cm³/mol. The predicted octanol–water partition coefficient (Wildman–Crippen LogP) is 4.26. The summed E-state index contributed by atoms with van der Waals surface area (Å²) in [6, 6.07) is 10.7. The van der Waals surface area contributed by atoms with Gasteiger partial charge < -0.3 is 10.6 Å². The van der Waals surface area contributed by atoms with Crippen molar-refractivity contribution in [3.05, 3.63) is 30.3 Å². The van der Waals surface area contributed by atoms with Crippen LogP contribution in [0, 0.1) is 5.92 Å². The third-order valence-corrected chi connectivity index (χ3v) is 4.11. The molecule has 0 fully saturated rings. The summed E-state index contributed by atoms with van der Waals surface area (Å²) < 4.78 is 4.38. The number of hydrogen-bond donors (Lipinski definition) is 1. The van der Waals surface area contributed by atoms with Crippen LogP contribution in [-0.2, 0) is 0 Å². The van der Waals surface area contributed by atoms with Crippen LogP contribution in [0.1, 0.15) is 27.7 Å². The first-order valence-electron chi connectivity index (χ1n) is 7.08. The maximum absolute atomic E-state index is 6.11. The zero-order valence-electron chi connectivity index (χ0n) is 12.6. The van der Waals surface area contributed by atoms with E-state index in [0.29, 0.717) is 17.8 Å². The van der Waals surface area contributed by atoms with Gasteiger partial charge in [-0.1, -0.05) is 44.2 Å². The van der Waals surface area contributed by atoms with Crippen molar-refractivity contribution in [2.75, 3.05) is 17.2 Å². The zero-order chi connectivity index (χ0) is 14.7. The Labute approximate surface area is 125 Å². The van der Waals surface area contributed by atoms with Crippen molar-refractivity contribution in [3.63, 3.8) is 0 Å². The molecule has 1 aromatic carbocycles. The molecule has 0 unspecified atom stereocenters. The van der Waals surface area contributed by atoms with E-state index in [-0.39, 0.29) is 0 Å². The molecule has 0 amide bonds. The normalized spacial score (nSPS) is 11.3. The van der Waals surface area contributed by atoms with Gasteiger partial charge in [-0.05, 0) is 36.9 Å². The van der Waals surface area contributed by atoms with Crippen molar-refractivity contribution < 1.29 is 0 Å². The monoisotopic (exact) mass is 289 g/mol. The summed E-state index contributed by atoms with van der Waals surface area (Å²) in [5.41, 5.74) is 8.33. The third kappa shape index (κ3) is 3.12. The number of rotatable bonds is 5. The lowest BCUT2D eigenvalue weighted by Gasteiger charge is -2.30. The van der Waals surface area contributed by atoms with E-state index >= 15 is 0 Å². The lowest BCUT2D eigenvalue weighted by atomic mass is 10.1. The quantitative estimate of drug-likeness (QED) is 0.894. The number of aromatic nitrogens is 1. The van der Waals surface area contributed by atoms with Gasteiger partial charge in [0.1, 0.15) is 10.8 Å². The van der Waals surface area contributed by atoms with Crippen LogP contribution in [0.4, 0.5) is 10.8 Å². The van der Waals surface area contributed by atoms with E-state index in [1.54, 1.807) is 0 Å². The maximum atomic E-state index is 6.11. The van der Waals surface area contributed by atoms with E-state index in [4.69, 9.17) is 5.73 Å². The SMILES string of the molecule is CC(C)CN(c1snc(N)c1-c1ccccc1)C(C)C. The number of nitrogens with zero attached hydrogens (tertiary/aromatic N) is 2. The second-order valence-corrected chi connectivity index (χ2v) is 6.51. The van der Waals surface area contributed by atoms with Crippen LogP contribution in [0.15, 0.2) is 30.3 Å². The minimum absolute atomic E-state index is 0.430. The van der Waals surface area contributed by atoms with Crippen molar-refractivity contribution in [1.29, 1.82) is 0 Å². The van der Waals surface area contributed by atoms with Gasteiger partial charge in [-0.25, -0.2) is 0 Å². The van der Waals surface area contributed by atoms with E-state index in [0.717, 1.165) is 17.7 Å². The van der Waals surface area contributed by atoms with Gasteiger partial charge in [-0.3, -0.25) is 0 Å². The summed E-state index contributed by atoms with van der Waals surface area (Å²) in [5, 5.41) is 1.18. The second kappa shape index (κ2) is 6.27. The Balaban J connectivity index is 2.47. The van der Waals surface area contributed by atoms with Crippen molar-refractivity contribution >= 4 is 22.4 Å². The van der Waals surface area contributed by atoms with Crippen LogP contribution in [0.3, 0.4) is 0 Å². The third-order valence-electron chi connectivity index (χ3n) is 3.21. The number of nitrogen functional groups attached to an aromatic ring is 1. The van der Waals surface area contributed by atoms with E-state index in [9.17, 15) is 0 Å². The van der Waals surface area contributed by atoms with Crippen LogP contribution in [0.2, 0.25) is 0 Å². The Morgan fingerprint density at radius 1 is 1.15 bits per heavy atom. The Hall–Kier alpha value is -1.55. The van der Waals surface area contributed by atoms with Gasteiger partial charge in [-0.2, -0.15) is 4.37 Å². The van der Waals surface area contributed by atoms with E-state index in [1.807, 2.05) is 18.2 Å². The average Bonchev–Trinajstić information content (AvgIpc) is 2.78. The zero-order valence-corrected chi connectivity index (χ0v) is 13.4. The van der Waals surface area contributed by atoms with Crippen molar-refractivity contribution in [1.82, 2.24) is 4.37 Å². The van der Waals surface area contributed by atoms with Gasteiger partial charge >= 0.3 is 0 Å². The molecule has 0 bridgehead atoms. The van der Waals surface area contributed by atoms with Crippen molar-refractivity contribution in [3.8, 4) is 11.1 Å². The Bertz CT molecular complexity index is 546. The molecule has 2 aromatic rings. The highest BCUT2D eigenvalue weighted by Gasteiger charge is 2.21. The molecular formula is C16H23N3S. The summed E-state index contributed by atoms with van der Waals surface area (Å²) in [7, 11) is 0. The molecule has 20 heavy (non-hydrogen) atoms. The molecule has 0 spiro atoms.